The highest BCUT2D eigenvalue weighted by atomic mass is 16.5. The van der Waals surface area contributed by atoms with Crippen LogP contribution < -0.4 is 10.2 Å². The molecular formula is C19H26N4O2. The van der Waals surface area contributed by atoms with E-state index in [-0.39, 0.29) is 5.91 Å². The van der Waals surface area contributed by atoms with Crippen molar-refractivity contribution in [2.75, 3.05) is 36.5 Å². The highest BCUT2D eigenvalue weighted by molar-refractivity contribution is 5.94. The zero-order valence-electron chi connectivity index (χ0n) is 15.2. The van der Waals surface area contributed by atoms with Gasteiger partial charge in [0.2, 0.25) is 5.91 Å². The lowest BCUT2D eigenvalue weighted by Gasteiger charge is -2.30. The molecule has 1 amide bonds. The van der Waals surface area contributed by atoms with Gasteiger partial charge in [-0.1, -0.05) is 12.1 Å². The number of anilines is 2. The summed E-state index contributed by atoms with van der Waals surface area (Å²) in [6.45, 7) is 7.18. The number of hydrogen-bond acceptors (Lipinski definition) is 4. The Labute approximate surface area is 148 Å². The lowest BCUT2D eigenvalue weighted by molar-refractivity contribution is -0.116. The summed E-state index contributed by atoms with van der Waals surface area (Å²) in [7, 11) is 1.94. The van der Waals surface area contributed by atoms with Gasteiger partial charge in [-0.15, -0.1) is 0 Å². The van der Waals surface area contributed by atoms with Gasteiger partial charge in [-0.05, 0) is 38.0 Å². The van der Waals surface area contributed by atoms with Gasteiger partial charge in [-0.3, -0.25) is 9.48 Å². The maximum Gasteiger partial charge on any atom is 0.224 e. The van der Waals surface area contributed by atoms with Crippen molar-refractivity contribution in [3.63, 3.8) is 0 Å². The number of morpholine rings is 1. The van der Waals surface area contributed by atoms with Gasteiger partial charge in [-0.25, -0.2) is 0 Å². The second-order valence-corrected chi connectivity index (χ2v) is 6.44. The molecule has 0 unspecified atom stereocenters. The van der Waals surface area contributed by atoms with Gasteiger partial charge in [-0.2, -0.15) is 5.10 Å². The number of carbonyl (C=O) groups is 1. The lowest BCUT2D eigenvalue weighted by Crippen LogP contribution is -2.36. The molecule has 0 radical (unpaired) electrons. The molecule has 6 nitrogen and oxygen atoms in total. The van der Waals surface area contributed by atoms with Crippen LogP contribution in [0.4, 0.5) is 11.4 Å². The van der Waals surface area contributed by atoms with E-state index >= 15 is 0 Å². The van der Waals surface area contributed by atoms with E-state index in [9.17, 15) is 4.79 Å². The van der Waals surface area contributed by atoms with Crippen molar-refractivity contribution in [3.05, 3.63) is 41.2 Å². The van der Waals surface area contributed by atoms with E-state index in [0.29, 0.717) is 12.8 Å². The van der Waals surface area contributed by atoms with Gasteiger partial charge in [0, 0.05) is 32.3 Å². The second kappa shape index (κ2) is 7.70. The Bertz CT molecular complexity index is 748. The number of hydrogen-bond donors (Lipinski definition) is 1. The minimum Gasteiger partial charge on any atom is -0.378 e. The average Bonchev–Trinajstić information content (AvgIpc) is 2.86. The number of benzene rings is 1. The van der Waals surface area contributed by atoms with Crippen LogP contribution in [0.15, 0.2) is 24.3 Å². The molecule has 1 aliphatic heterocycles. The Morgan fingerprint density at radius 1 is 1.24 bits per heavy atom. The average molecular weight is 342 g/mol. The number of nitrogens with zero attached hydrogens (tertiary/aromatic N) is 3. The molecule has 1 saturated heterocycles. The van der Waals surface area contributed by atoms with Crippen LogP contribution in [-0.4, -0.2) is 42.0 Å². The molecule has 0 bridgehead atoms. The predicted octanol–water partition coefficient (Wildman–Crippen LogP) is 2.44. The number of aromatic nitrogens is 2. The number of aryl methyl sites for hydroxylation is 2. The molecular weight excluding hydrogens is 316 g/mol. The Morgan fingerprint density at radius 2 is 1.96 bits per heavy atom. The molecule has 2 aromatic rings. The largest absolute Gasteiger partial charge is 0.378 e. The van der Waals surface area contributed by atoms with E-state index in [4.69, 9.17) is 4.74 Å². The molecule has 1 aliphatic rings. The molecule has 25 heavy (non-hydrogen) atoms. The van der Waals surface area contributed by atoms with Crippen LogP contribution in [0.1, 0.15) is 23.4 Å². The van der Waals surface area contributed by atoms with Crippen LogP contribution in [0.25, 0.3) is 0 Å². The fraction of sp³-hybridized carbons (Fsp3) is 0.474. The van der Waals surface area contributed by atoms with Crippen molar-refractivity contribution in [3.8, 4) is 0 Å². The van der Waals surface area contributed by atoms with Gasteiger partial charge in [0.15, 0.2) is 0 Å². The summed E-state index contributed by atoms with van der Waals surface area (Å²) < 4.78 is 7.29. The highest BCUT2D eigenvalue weighted by Crippen LogP contribution is 2.26. The maximum atomic E-state index is 12.5. The topological polar surface area (TPSA) is 59.4 Å². The number of para-hydroxylation sites is 2. The summed E-state index contributed by atoms with van der Waals surface area (Å²) in [5.74, 6) is 0.0309. The number of carbonyl (C=O) groups excluding carboxylic acids is 1. The smallest absolute Gasteiger partial charge is 0.224 e. The quantitative estimate of drug-likeness (QED) is 0.907. The maximum absolute atomic E-state index is 12.5. The van der Waals surface area contributed by atoms with E-state index < -0.39 is 0 Å². The molecule has 0 saturated carbocycles. The summed E-state index contributed by atoms with van der Waals surface area (Å²) in [5.41, 5.74) is 5.22. The van der Waals surface area contributed by atoms with Crippen LogP contribution in [0.3, 0.4) is 0 Å². The van der Waals surface area contributed by atoms with Crippen molar-refractivity contribution in [1.29, 1.82) is 0 Å². The van der Waals surface area contributed by atoms with Crippen LogP contribution >= 0.6 is 0 Å². The second-order valence-electron chi connectivity index (χ2n) is 6.44. The molecule has 0 atom stereocenters. The predicted molar refractivity (Wildman–Crippen MR) is 99.1 cm³/mol. The first kappa shape index (κ1) is 17.5. The minimum atomic E-state index is 0.0309. The highest BCUT2D eigenvalue weighted by Gasteiger charge is 2.16. The summed E-state index contributed by atoms with van der Waals surface area (Å²) in [4.78, 5) is 14.7. The lowest BCUT2D eigenvalue weighted by atomic mass is 10.1. The monoisotopic (exact) mass is 342 g/mol. The molecule has 0 aliphatic carbocycles. The van der Waals surface area contributed by atoms with Crippen molar-refractivity contribution >= 4 is 17.3 Å². The van der Waals surface area contributed by atoms with Crippen molar-refractivity contribution in [2.24, 2.45) is 7.05 Å². The molecule has 0 spiro atoms. The molecule has 6 heteroatoms. The van der Waals surface area contributed by atoms with Gasteiger partial charge < -0.3 is 15.0 Å². The molecule has 2 heterocycles. The van der Waals surface area contributed by atoms with Gasteiger partial charge in [0.1, 0.15) is 0 Å². The van der Waals surface area contributed by atoms with Gasteiger partial charge >= 0.3 is 0 Å². The third-order valence-corrected chi connectivity index (χ3v) is 4.79. The van der Waals surface area contributed by atoms with Crippen LogP contribution in [-0.2, 0) is 23.0 Å². The first-order chi connectivity index (χ1) is 12.1. The van der Waals surface area contributed by atoms with E-state index in [1.54, 1.807) is 0 Å². The number of rotatable bonds is 5. The molecule has 1 fully saturated rings. The fourth-order valence-corrected chi connectivity index (χ4v) is 3.29. The van der Waals surface area contributed by atoms with Crippen LogP contribution in [0.2, 0.25) is 0 Å². The van der Waals surface area contributed by atoms with Gasteiger partial charge in [0.25, 0.3) is 0 Å². The summed E-state index contributed by atoms with van der Waals surface area (Å²) in [5, 5.41) is 7.49. The van der Waals surface area contributed by atoms with Crippen molar-refractivity contribution < 1.29 is 9.53 Å². The normalized spacial score (nSPS) is 14.6. The van der Waals surface area contributed by atoms with E-state index in [2.05, 4.69) is 21.4 Å². The Morgan fingerprint density at radius 3 is 2.64 bits per heavy atom. The molecule has 3 rings (SSSR count). The van der Waals surface area contributed by atoms with E-state index in [1.807, 2.05) is 43.8 Å². The zero-order chi connectivity index (χ0) is 17.8. The van der Waals surface area contributed by atoms with Crippen LogP contribution in [0, 0.1) is 13.8 Å². The SMILES string of the molecule is Cc1nn(C)c(C)c1CCC(=O)Nc1ccccc1N1CCOCC1. The molecule has 1 N–H and O–H groups in total. The summed E-state index contributed by atoms with van der Waals surface area (Å²) in [6.07, 6.45) is 1.15. The number of ether oxygens (including phenoxy) is 1. The van der Waals surface area contributed by atoms with Crippen molar-refractivity contribution in [1.82, 2.24) is 9.78 Å². The number of amides is 1. The summed E-state index contributed by atoms with van der Waals surface area (Å²) >= 11 is 0. The standard InChI is InChI=1S/C19H26N4O2/c1-14-16(15(2)22(3)21-14)8-9-19(24)20-17-6-4-5-7-18(17)23-10-12-25-13-11-23/h4-7H,8-13H2,1-3H3,(H,20,24). The van der Waals surface area contributed by atoms with Crippen molar-refractivity contribution in [2.45, 2.75) is 26.7 Å². The van der Waals surface area contributed by atoms with Crippen LogP contribution in [0.5, 0.6) is 0 Å². The summed E-state index contributed by atoms with van der Waals surface area (Å²) in [6, 6.07) is 7.97. The first-order valence-electron chi connectivity index (χ1n) is 8.77. The Hall–Kier alpha value is -2.34. The zero-order valence-corrected chi connectivity index (χ0v) is 15.2. The number of nitrogens with one attached hydrogen (secondary N) is 1. The fourth-order valence-electron chi connectivity index (χ4n) is 3.29. The first-order valence-corrected chi connectivity index (χ1v) is 8.77. The van der Waals surface area contributed by atoms with Gasteiger partial charge in [0.05, 0.1) is 30.3 Å². The minimum absolute atomic E-state index is 0.0309. The Balaban J connectivity index is 1.65. The Kier molecular flexibility index (Phi) is 5.38. The van der Waals surface area contributed by atoms with E-state index in [1.165, 1.54) is 5.56 Å². The third-order valence-electron chi connectivity index (χ3n) is 4.79. The molecule has 1 aromatic carbocycles. The third kappa shape index (κ3) is 4.02. The van der Waals surface area contributed by atoms with E-state index in [0.717, 1.165) is 49.1 Å². The molecule has 1 aromatic heterocycles. The molecule has 134 valence electrons.